The van der Waals surface area contributed by atoms with E-state index in [0.29, 0.717) is 18.1 Å². The third kappa shape index (κ3) is 3.38. The monoisotopic (exact) mass is 266 g/mol. The summed E-state index contributed by atoms with van der Waals surface area (Å²) in [4.78, 5) is 0. The van der Waals surface area contributed by atoms with Gasteiger partial charge in [0.05, 0.1) is 19.7 Å². The Morgan fingerprint density at radius 3 is 2.67 bits per heavy atom. The van der Waals surface area contributed by atoms with Crippen molar-refractivity contribution in [1.29, 1.82) is 5.26 Å². The van der Waals surface area contributed by atoms with Crippen LogP contribution in [0, 0.1) is 18.3 Å². The molecule has 0 atom stereocenters. The molecule has 0 radical (unpaired) electrons. The Labute approximate surface area is 114 Å². The summed E-state index contributed by atoms with van der Waals surface area (Å²) >= 11 is 6.12. The van der Waals surface area contributed by atoms with Gasteiger partial charge in [-0.05, 0) is 24.6 Å². The van der Waals surface area contributed by atoms with Gasteiger partial charge in [-0.15, -0.1) is 0 Å². The van der Waals surface area contributed by atoms with E-state index in [2.05, 4.69) is 25.2 Å². The maximum Gasteiger partial charge on any atom is 0.125 e. The van der Waals surface area contributed by atoms with Gasteiger partial charge >= 0.3 is 0 Å². The number of benzene rings is 1. The zero-order valence-corrected chi connectivity index (χ0v) is 12.1. The number of ether oxygens (including phenoxy) is 1. The Bertz CT molecular complexity index is 464. The lowest BCUT2D eigenvalue weighted by Gasteiger charge is -2.28. The van der Waals surface area contributed by atoms with Crippen LogP contribution in [0.3, 0.4) is 0 Å². The fraction of sp³-hybridized carbons (Fsp3) is 0.500. The Hall–Kier alpha value is -1.24. The van der Waals surface area contributed by atoms with Crippen LogP contribution in [0.4, 0.5) is 0 Å². The highest BCUT2D eigenvalue weighted by atomic mass is 35.5. The Kier molecular flexibility index (Phi) is 5.01. The lowest BCUT2D eigenvalue weighted by molar-refractivity contribution is 0.385. The van der Waals surface area contributed by atoms with Crippen LogP contribution in [0.5, 0.6) is 5.75 Å². The first-order valence-electron chi connectivity index (χ1n) is 5.84. The van der Waals surface area contributed by atoms with Crippen LogP contribution in [0.2, 0.25) is 5.02 Å². The molecule has 1 rings (SSSR count). The predicted molar refractivity (Wildman–Crippen MR) is 74.2 cm³/mol. The first kappa shape index (κ1) is 14.8. The van der Waals surface area contributed by atoms with Crippen molar-refractivity contribution in [3.8, 4) is 11.8 Å². The summed E-state index contributed by atoms with van der Waals surface area (Å²) in [6, 6.07) is 5.90. The normalized spacial score (nSPS) is 11.1. The van der Waals surface area contributed by atoms with Crippen LogP contribution in [-0.4, -0.2) is 20.2 Å². The molecule has 1 aromatic carbocycles. The molecule has 1 N–H and O–H groups in total. The summed E-state index contributed by atoms with van der Waals surface area (Å²) in [5, 5.41) is 12.4. The molecule has 1 aromatic rings. The van der Waals surface area contributed by atoms with E-state index in [1.54, 1.807) is 7.11 Å². The highest BCUT2D eigenvalue weighted by Gasteiger charge is 2.25. The van der Waals surface area contributed by atoms with Gasteiger partial charge in [-0.1, -0.05) is 25.4 Å². The van der Waals surface area contributed by atoms with E-state index in [4.69, 9.17) is 21.6 Å². The molecule has 0 saturated carbocycles. The SMILES string of the molecule is COc1c(C)cc(Cl)cc1C(C)(C)CNCC#N. The molecule has 0 fully saturated rings. The zero-order chi connectivity index (χ0) is 13.8. The quantitative estimate of drug-likeness (QED) is 0.658. The van der Waals surface area contributed by atoms with Crippen LogP contribution in [0.15, 0.2) is 12.1 Å². The summed E-state index contributed by atoms with van der Waals surface area (Å²) in [5.41, 5.74) is 1.92. The van der Waals surface area contributed by atoms with Gasteiger partial charge in [-0.2, -0.15) is 5.26 Å². The van der Waals surface area contributed by atoms with Crippen LogP contribution >= 0.6 is 11.6 Å². The number of rotatable bonds is 5. The van der Waals surface area contributed by atoms with E-state index in [0.717, 1.165) is 16.9 Å². The average molecular weight is 267 g/mol. The molecule has 3 nitrogen and oxygen atoms in total. The van der Waals surface area contributed by atoms with Crippen molar-refractivity contribution in [2.45, 2.75) is 26.2 Å². The number of aryl methyl sites for hydroxylation is 1. The zero-order valence-electron chi connectivity index (χ0n) is 11.3. The minimum absolute atomic E-state index is 0.155. The molecule has 0 amide bonds. The first-order chi connectivity index (χ1) is 8.42. The minimum Gasteiger partial charge on any atom is -0.496 e. The van der Waals surface area contributed by atoms with Crippen LogP contribution in [0.25, 0.3) is 0 Å². The van der Waals surface area contributed by atoms with Crippen molar-refractivity contribution in [1.82, 2.24) is 5.32 Å². The second-order valence-electron chi connectivity index (χ2n) is 4.95. The van der Waals surface area contributed by atoms with Crippen LogP contribution in [0.1, 0.15) is 25.0 Å². The lowest BCUT2D eigenvalue weighted by Crippen LogP contribution is -2.33. The summed E-state index contributed by atoms with van der Waals surface area (Å²) in [5.74, 6) is 0.864. The molecule has 0 saturated heterocycles. The smallest absolute Gasteiger partial charge is 0.125 e. The maximum absolute atomic E-state index is 8.56. The topological polar surface area (TPSA) is 45.0 Å². The van der Waals surface area contributed by atoms with E-state index < -0.39 is 0 Å². The Morgan fingerprint density at radius 1 is 1.44 bits per heavy atom. The second kappa shape index (κ2) is 6.08. The molecule has 4 heteroatoms. The molecule has 0 heterocycles. The third-order valence-electron chi connectivity index (χ3n) is 2.94. The molecular formula is C14H19ClN2O. The summed E-state index contributed by atoms with van der Waals surface area (Å²) in [6.45, 7) is 7.21. The van der Waals surface area contributed by atoms with Crippen LogP contribution in [-0.2, 0) is 5.41 Å². The highest BCUT2D eigenvalue weighted by molar-refractivity contribution is 6.30. The molecule has 0 unspecified atom stereocenters. The number of nitrogens with zero attached hydrogens (tertiary/aromatic N) is 1. The van der Waals surface area contributed by atoms with Crippen molar-refractivity contribution < 1.29 is 4.74 Å². The molecule has 0 aliphatic carbocycles. The molecule has 0 spiro atoms. The van der Waals surface area contributed by atoms with Crippen molar-refractivity contribution >= 4 is 11.6 Å². The van der Waals surface area contributed by atoms with Crippen molar-refractivity contribution in [2.24, 2.45) is 0 Å². The number of methoxy groups -OCH3 is 1. The average Bonchev–Trinajstić information content (AvgIpc) is 2.28. The Balaban J connectivity index is 3.10. The van der Waals surface area contributed by atoms with Gasteiger partial charge in [0.15, 0.2) is 0 Å². The number of nitriles is 1. The minimum atomic E-state index is -0.155. The third-order valence-corrected chi connectivity index (χ3v) is 3.16. The van der Waals surface area contributed by atoms with Gasteiger partial charge in [0, 0.05) is 22.5 Å². The number of halogens is 1. The summed E-state index contributed by atoms with van der Waals surface area (Å²) < 4.78 is 5.47. The van der Waals surface area contributed by atoms with E-state index in [-0.39, 0.29) is 5.41 Å². The molecular weight excluding hydrogens is 248 g/mol. The highest BCUT2D eigenvalue weighted by Crippen LogP contribution is 2.36. The van der Waals surface area contributed by atoms with Crippen molar-refractivity contribution in [2.75, 3.05) is 20.2 Å². The number of hydrogen-bond acceptors (Lipinski definition) is 3. The number of nitrogens with one attached hydrogen (secondary N) is 1. The van der Waals surface area contributed by atoms with Gasteiger partial charge < -0.3 is 10.1 Å². The maximum atomic E-state index is 8.56. The number of hydrogen-bond donors (Lipinski definition) is 1. The molecule has 0 aliphatic heterocycles. The van der Waals surface area contributed by atoms with Crippen molar-refractivity contribution in [3.05, 3.63) is 28.3 Å². The fourth-order valence-electron chi connectivity index (χ4n) is 2.03. The van der Waals surface area contributed by atoms with Crippen LogP contribution < -0.4 is 10.1 Å². The van der Waals surface area contributed by atoms with E-state index in [1.807, 2.05) is 19.1 Å². The summed E-state index contributed by atoms with van der Waals surface area (Å²) in [7, 11) is 1.67. The summed E-state index contributed by atoms with van der Waals surface area (Å²) in [6.07, 6.45) is 0. The molecule has 0 aromatic heterocycles. The largest absolute Gasteiger partial charge is 0.496 e. The van der Waals surface area contributed by atoms with Crippen molar-refractivity contribution in [3.63, 3.8) is 0 Å². The van der Waals surface area contributed by atoms with E-state index in [9.17, 15) is 0 Å². The Morgan fingerprint density at radius 2 is 2.11 bits per heavy atom. The standard InChI is InChI=1S/C14H19ClN2O/c1-10-7-11(15)8-12(13(10)18-4)14(2,3)9-17-6-5-16/h7-8,17H,6,9H2,1-4H3. The van der Waals surface area contributed by atoms with Gasteiger partial charge in [0.1, 0.15) is 5.75 Å². The molecule has 98 valence electrons. The van der Waals surface area contributed by atoms with Gasteiger partial charge in [-0.3, -0.25) is 0 Å². The first-order valence-corrected chi connectivity index (χ1v) is 6.22. The molecule has 18 heavy (non-hydrogen) atoms. The van der Waals surface area contributed by atoms with Gasteiger partial charge in [0.2, 0.25) is 0 Å². The van der Waals surface area contributed by atoms with E-state index in [1.165, 1.54) is 0 Å². The molecule has 0 bridgehead atoms. The van der Waals surface area contributed by atoms with E-state index >= 15 is 0 Å². The van der Waals surface area contributed by atoms with Gasteiger partial charge in [-0.25, -0.2) is 0 Å². The second-order valence-corrected chi connectivity index (χ2v) is 5.39. The van der Waals surface area contributed by atoms with Gasteiger partial charge in [0.25, 0.3) is 0 Å². The predicted octanol–water partition coefficient (Wildman–Crippen LogP) is 3.05. The lowest BCUT2D eigenvalue weighted by atomic mass is 9.83. The molecule has 0 aliphatic rings. The fourth-order valence-corrected chi connectivity index (χ4v) is 2.30.